The zero-order chi connectivity index (χ0) is 22.0. The first kappa shape index (κ1) is 21.6. The Balaban J connectivity index is 1.20. The van der Waals surface area contributed by atoms with Gasteiger partial charge in [-0.1, -0.05) is 37.5 Å². The van der Waals surface area contributed by atoms with Crippen molar-refractivity contribution < 1.29 is 14.3 Å². The summed E-state index contributed by atoms with van der Waals surface area (Å²) in [4.78, 5) is 27.4. The van der Waals surface area contributed by atoms with Gasteiger partial charge in [-0.3, -0.25) is 4.79 Å². The molecule has 32 heavy (non-hydrogen) atoms. The highest BCUT2D eigenvalue weighted by Gasteiger charge is 2.44. The fourth-order valence-corrected chi connectivity index (χ4v) is 5.74. The predicted molar refractivity (Wildman–Crippen MR) is 124 cm³/mol. The zero-order valence-electron chi connectivity index (χ0n) is 19.1. The van der Waals surface area contributed by atoms with E-state index in [1.165, 1.54) is 32.1 Å². The number of ether oxygens (including phenoxy) is 1. The van der Waals surface area contributed by atoms with E-state index in [0.29, 0.717) is 31.5 Å². The number of hydrogen-bond donors (Lipinski definition) is 2. The monoisotopic (exact) mass is 439 g/mol. The van der Waals surface area contributed by atoms with Crippen molar-refractivity contribution in [3.63, 3.8) is 0 Å². The van der Waals surface area contributed by atoms with Crippen LogP contribution in [0.3, 0.4) is 0 Å². The van der Waals surface area contributed by atoms with Crippen molar-refractivity contribution in [3.05, 3.63) is 29.8 Å². The number of urea groups is 1. The van der Waals surface area contributed by atoms with Gasteiger partial charge in [0.25, 0.3) is 0 Å². The van der Waals surface area contributed by atoms with Crippen LogP contribution in [-0.2, 0) is 4.79 Å². The van der Waals surface area contributed by atoms with Crippen molar-refractivity contribution in [2.45, 2.75) is 88.2 Å². The van der Waals surface area contributed by atoms with Gasteiger partial charge in [0.2, 0.25) is 5.91 Å². The number of piperidine rings is 1. The molecule has 1 spiro atoms. The van der Waals surface area contributed by atoms with Crippen LogP contribution in [0.25, 0.3) is 0 Å². The second-order valence-corrected chi connectivity index (χ2v) is 10.4. The molecule has 0 unspecified atom stereocenters. The molecule has 3 amide bonds. The Labute approximate surface area is 191 Å². The Morgan fingerprint density at radius 1 is 1.03 bits per heavy atom. The van der Waals surface area contributed by atoms with E-state index >= 15 is 0 Å². The van der Waals surface area contributed by atoms with Crippen LogP contribution in [-0.4, -0.2) is 48.1 Å². The fraction of sp³-hybridized carbons (Fsp3) is 0.692. The van der Waals surface area contributed by atoms with E-state index in [-0.39, 0.29) is 23.5 Å². The van der Waals surface area contributed by atoms with Gasteiger partial charge in [0.05, 0.1) is 0 Å². The Hall–Kier alpha value is -2.24. The summed E-state index contributed by atoms with van der Waals surface area (Å²) in [5.74, 6) is 1.93. The van der Waals surface area contributed by atoms with Gasteiger partial charge in [-0.25, -0.2) is 4.79 Å². The topological polar surface area (TPSA) is 70.7 Å². The number of carbonyl (C=O) groups excluding carboxylic acids is 2. The molecule has 0 radical (unpaired) electrons. The molecule has 0 aromatic heterocycles. The first-order valence-corrected chi connectivity index (χ1v) is 12.7. The van der Waals surface area contributed by atoms with Crippen LogP contribution in [0.5, 0.6) is 5.75 Å². The van der Waals surface area contributed by atoms with E-state index in [4.69, 9.17) is 4.74 Å². The van der Waals surface area contributed by atoms with Crippen LogP contribution >= 0.6 is 0 Å². The van der Waals surface area contributed by atoms with Crippen molar-refractivity contribution in [2.24, 2.45) is 5.92 Å². The molecular formula is C26H37N3O3. The van der Waals surface area contributed by atoms with Crippen LogP contribution in [0, 0.1) is 5.92 Å². The molecule has 1 aromatic carbocycles. The van der Waals surface area contributed by atoms with Crippen LogP contribution in [0.4, 0.5) is 4.79 Å². The van der Waals surface area contributed by atoms with Crippen LogP contribution in [0.1, 0.15) is 82.1 Å². The number of carbonyl (C=O) groups is 2. The maximum atomic E-state index is 12.8. The third kappa shape index (κ3) is 5.05. The van der Waals surface area contributed by atoms with Crippen LogP contribution in [0.15, 0.2) is 24.3 Å². The molecule has 3 fully saturated rings. The number of para-hydroxylation sites is 1. The fourth-order valence-electron chi connectivity index (χ4n) is 5.74. The number of fused-ring (bicyclic) bond motifs is 1. The third-order valence-corrected chi connectivity index (χ3v) is 7.91. The summed E-state index contributed by atoms with van der Waals surface area (Å²) in [6.07, 6.45) is 11.4. The van der Waals surface area contributed by atoms with Crippen molar-refractivity contribution in [3.8, 4) is 5.75 Å². The maximum absolute atomic E-state index is 12.8. The highest BCUT2D eigenvalue weighted by Crippen LogP contribution is 2.46. The predicted octanol–water partition coefficient (Wildman–Crippen LogP) is 4.35. The van der Waals surface area contributed by atoms with E-state index in [2.05, 4.69) is 16.7 Å². The summed E-state index contributed by atoms with van der Waals surface area (Å²) in [6, 6.07) is 8.60. The highest BCUT2D eigenvalue weighted by molar-refractivity contribution is 5.77. The number of rotatable bonds is 5. The molecule has 1 atom stereocenters. The SMILES string of the molecule is O=C(C[C@@H]1CC2(CCN(C(=O)NC3CCCCC3)CC2)Oc2ccccc21)NCC1CC1. The lowest BCUT2D eigenvalue weighted by molar-refractivity contribution is -0.122. The Kier molecular flexibility index (Phi) is 6.29. The molecule has 4 aliphatic rings. The summed E-state index contributed by atoms with van der Waals surface area (Å²) in [6.45, 7) is 2.24. The molecule has 2 saturated carbocycles. The molecule has 6 heteroatoms. The number of nitrogens with one attached hydrogen (secondary N) is 2. The zero-order valence-corrected chi connectivity index (χ0v) is 19.1. The van der Waals surface area contributed by atoms with E-state index < -0.39 is 0 Å². The molecule has 6 nitrogen and oxygen atoms in total. The van der Waals surface area contributed by atoms with Gasteiger partial charge in [-0.15, -0.1) is 0 Å². The van der Waals surface area contributed by atoms with Gasteiger partial charge >= 0.3 is 6.03 Å². The third-order valence-electron chi connectivity index (χ3n) is 7.91. The quantitative estimate of drug-likeness (QED) is 0.717. The Morgan fingerprint density at radius 3 is 2.53 bits per heavy atom. The average Bonchev–Trinajstić information content (AvgIpc) is 3.63. The summed E-state index contributed by atoms with van der Waals surface area (Å²) >= 11 is 0. The number of benzene rings is 1. The first-order valence-electron chi connectivity index (χ1n) is 12.7. The van der Waals surface area contributed by atoms with Crippen molar-refractivity contribution >= 4 is 11.9 Å². The molecule has 5 rings (SSSR count). The molecule has 1 saturated heterocycles. The number of nitrogens with zero attached hydrogens (tertiary/aromatic N) is 1. The maximum Gasteiger partial charge on any atom is 0.317 e. The smallest absolute Gasteiger partial charge is 0.317 e. The molecule has 0 bridgehead atoms. The molecule has 2 N–H and O–H groups in total. The summed E-state index contributed by atoms with van der Waals surface area (Å²) < 4.78 is 6.57. The van der Waals surface area contributed by atoms with Gasteiger partial charge in [-0.05, 0) is 49.7 Å². The van der Waals surface area contributed by atoms with Crippen LogP contribution in [0.2, 0.25) is 0 Å². The summed E-state index contributed by atoms with van der Waals surface area (Å²) in [5.41, 5.74) is 0.870. The lowest BCUT2D eigenvalue weighted by Gasteiger charge is -2.47. The molecule has 2 aliphatic heterocycles. The van der Waals surface area contributed by atoms with Gasteiger partial charge < -0.3 is 20.3 Å². The molecule has 1 aromatic rings. The van der Waals surface area contributed by atoms with Gasteiger partial charge in [0, 0.05) is 50.9 Å². The van der Waals surface area contributed by atoms with Gasteiger partial charge in [0.15, 0.2) is 0 Å². The van der Waals surface area contributed by atoms with E-state index in [1.807, 2.05) is 23.1 Å². The van der Waals surface area contributed by atoms with E-state index in [0.717, 1.165) is 50.0 Å². The molecule has 174 valence electrons. The second-order valence-electron chi connectivity index (χ2n) is 10.4. The lowest BCUT2D eigenvalue weighted by Crippen LogP contribution is -2.55. The van der Waals surface area contributed by atoms with Crippen molar-refractivity contribution in [2.75, 3.05) is 19.6 Å². The van der Waals surface area contributed by atoms with E-state index in [1.54, 1.807) is 0 Å². The molecular weight excluding hydrogens is 402 g/mol. The molecule has 2 aliphatic carbocycles. The van der Waals surface area contributed by atoms with Gasteiger partial charge in [-0.2, -0.15) is 0 Å². The minimum atomic E-state index is -0.280. The Morgan fingerprint density at radius 2 is 1.78 bits per heavy atom. The average molecular weight is 440 g/mol. The summed E-state index contributed by atoms with van der Waals surface area (Å²) in [7, 11) is 0. The normalized spacial score (nSPS) is 25.0. The highest BCUT2D eigenvalue weighted by atomic mass is 16.5. The lowest BCUT2D eigenvalue weighted by atomic mass is 9.76. The van der Waals surface area contributed by atoms with E-state index in [9.17, 15) is 9.59 Å². The minimum absolute atomic E-state index is 0.0824. The first-order chi connectivity index (χ1) is 15.6. The number of likely N-dealkylation sites (tertiary alicyclic amines) is 1. The van der Waals surface area contributed by atoms with Crippen molar-refractivity contribution in [1.29, 1.82) is 0 Å². The second kappa shape index (κ2) is 9.32. The minimum Gasteiger partial charge on any atom is -0.487 e. The standard InChI is InChI=1S/C26H37N3O3/c30-24(27-18-19-10-11-19)16-20-17-26(32-23-9-5-4-8-22(20)23)12-14-29(15-13-26)25(31)28-21-6-2-1-3-7-21/h4-5,8-9,19-21H,1-3,6-7,10-18H2,(H,27,30)(H,28,31)/t20-/m1/s1. The number of amides is 3. The summed E-state index contributed by atoms with van der Waals surface area (Å²) in [5, 5.41) is 6.39. The molecule has 2 heterocycles. The van der Waals surface area contributed by atoms with Crippen molar-refractivity contribution in [1.82, 2.24) is 15.5 Å². The largest absolute Gasteiger partial charge is 0.487 e. The number of hydrogen-bond acceptors (Lipinski definition) is 3. The Bertz CT molecular complexity index is 823. The van der Waals surface area contributed by atoms with Gasteiger partial charge in [0.1, 0.15) is 11.4 Å². The van der Waals surface area contributed by atoms with Crippen LogP contribution < -0.4 is 15.4 Å².